The normalized spacial score (nSPS) is 16.1. The van der Waals surface area contributed by atoms with Crippen LogP contribution < -0.4 is 21.3 Å². The summed E-state index contributed by atoms with van der Waals surface area (Å²) in [6.45, 7) is 7.12. The summed E-state index contributed by atoms with van der Waals surface area (Å²) in [6.07, 6.45) is 3.03. The van der Waals surface area contributed by atoms with Gasteiger partial charge in [-0.05, 0) is 56.0 Å². The highest BCUT2D eigenvalue weighted by Crippen LogP contribution is 2.13. The van der Waals surface area contributed by atoms with E-state index in [0.717, 1.165) is 50.1 Å². The van der Waals surface area contributed by atoms with Gasteiger partial charge in [0.1, 0.15) is 0 Å². The number of amides is 3. The molecule has 138 valence electrons. The van der Waals surface area contributed by atoms with E-state index >= 15 is 0 Å². The second-order valence-electron chi connectivity index (χ2n) is 6.76. The Kier molecular flexibility index (Phi) is 7.73. The Hall–Kier alpha value is -2.08. The van der Waals surface area contributed by atoms with Crippen LogP contribution in [0.5, 0.6) is 0 Å². The van der Waals surface area contributed by atoms with Crippen LogP contribution >= 0.6 is 0 Å². The molecule has 1 aliphatic rings. The molecule has 1 unspecified atom stereocenters. The summed E-state index contributed by atoms with van der Waals surface area (Å²) < 4.78 is 0. The Bertz CT molecular complexity index is 570. The van der Waals surface area contributed by atoms with Crippen LogP contribution in [0.25, 0.3) is 0 Å². The molecule has 25 heavy (non-hydrogen) atoms. The van der Waals surface area contributed by atoms with Crippen LogP contribution in [0.4, 0.5) is 10.5 Å². The van der Waals surface area contributed by atoms with E-state index in [9.17, 15) is 9.59 Å². The number of carbonyl (C=O) groups is 2. The molecule has 0 radical (unpaired) electrons. The molecule has 1 atom stereocenters. The third-order valence-corrected chi connectivity index (χ3v) is 4.72. The van der Waals surface area contributed by atoms with Crippen molar-refractivity contribution in [2.45, 2.75) is 39.7 Å². The van der Waals surface area contributed by atoms with E-state index in [1.807, 2.05) is 38.1 Å². The Labute approximate surface area is 150 Å². The molecule has 6 heteroatoms. The number of benzene rings is 1. The SMILES string of the molecule is CCC(C)C(=O)Nc1cccc(CNC(=O)NCC2CCNCC2)c1. The minimum atomic E-state index is -0.146. The monoisotopic (exact) mass is 346 g/mol. The van der Waals surface area contributed by atoms with Gasteiger partial charge >= 0.3 is 6.03 Å². The zero-order chi connectivity index (χ0) is 18.1. The van der Waals surface area contributed by atoms with Crippen molar-refractivity contribution in [3.05, 3.63) is 29.8 Å². The Balaban J connectivity index is 1.75. The van der Waals surface area contributed by atoms with Crippen LogP contribution in [0.2, 0.25) is 0 Å². The molecular formula is C19H30N4O2. The summed E-state index contributed by atoms with van der Waals surface area (Å²) in [6, 6.07) is 7.43. The molecule has 1 aliphatic heterocycles. The molecular weight excluding hydrogens is 316 g/mol. The van der Waals surface area contributed by atoms with Gasteiger partial charge in [0.2, 0.25) is 5.91 Å². The average molecular weight is 346 g/mol. The highest BCUT2D eigenvalue weighted by Gasteiger charge is 2.14. The molecule has 0 spiro atoms. The van der Waals surface area contributed by atoms with Gasteiger partial charge in [0.15, 0.2) is 0 Å². The summed E-state index contributed by atoms with van der Waals surface area (Å²) in [4.78, 5) is 23.9. The van der Waals surface area contributed by atoms with Crippen molar-refractivity contribution in [3.63, 3.8) is 0 Å². The average Bonchev–Trinajstić information content (AvgIpc) is 2.65. The fourth-order valence-corrected chi connectivity index (χ4v) is 2.78. The lowest BCUT2D eigenvalue weighted by Crippen LogP contribution is -2.40. The van der Waals surface area contributed by atoms with E-state index < -0.39 is 0 Å². The molecule has 4 N–H and O–H groups in total. The zero-order valence-electron chi connectivity index (χ0n) is 15.2. The second-order valence-corrected chi connectivity index (χ2v) is 6.76. The number of carbonyl (C=O) groups excluding carboxylic acids is 2. The molecule has 1 aromatic rings. The first kappa shape index (κ1) is 19.2. The Morgan fingerprint density at radius 3 is 2.72 bits per heavy atom. The van der Waals surface area contributed by atoms with Crippen molar-refractivity contribution in [2.75, 3.05) is 25.0 Å². The van der Waals surface area contributed by atoms with E-state index in [4.69, 9.17) is 0 Å². The highest BCUT2D eigenvalue weighted by molar-refractivity contribution is 5.92. The number of hydrogen-bond donors (Lipinski definition) is 4. The molecule has 0 aliphatic carbocycles. The van der Waals surface area contributed by atoms with E-state index in [-0.39, 0.29) is 17.9 Å². The van der Waals surface area contributed by atoms with Crippen LogP contribution in [0.3, 0.4) is 0 Å². The molecule has 2 rings (SSSR count). The standard InChI is InChI=1S/C19H30N4O2/c1-3-14(2)18(24)23-17-6-4-5-16(11-17)13-22-19(25)21-12-15-7-9-20-10-8-15/h4-6,11,14-15,20H,3,7-10,12-13H2,1-2H3,(H,23,24)(H2,21,22,25). The van der Waals surface area contributed by atoms with Gasteiger partial charge in [-0.3, -0.25) is 4.79 Å². The van der Waals surface area contributed by atoms with Gasteiger partial charge in [-0.15, -0.1) is 0 Å². The number of anilines is 1. The number of hydrogen-bond acceptors (Lipinski definition) is 3. The molecule has 0 bridgehead atoms. The fraction of sp³-hybridized carbons (Fsp3) is 0.579. The van der Waals surface area contributed by atoms with Gasteiger partial charge in [-0.25, -0.2) is 4.79 Å². The molecule has 1 aromatic carbocycles. The molecule has 3 amide bonds. The predicted octanol–water partition coefficient (Wildman–Crippen LogP) is 2.47. The first-order valence-electron chi connectivity index (χ1n) is 9.20. The van der Waals surface area contributed by atoms with Crippen LogP contribution in [-0.2, 0) is 11.3 Å². The lowest BCUT2D eigenvalue weighted by molar-refractivity contribution is -0.119. The van der Waals surface area contributed by atoms with Crippen LogP contribution in [0.15, 0.2) is 24.3 Å². The quantitative estimate of drug-likeness (QED) is 0.612. The largest absolute Gasteiger partial charge is 0.338 e. The summed E-state index contributed by atoms with van der Waals surface area (Å²) in [7, 11) is 0. The molecule has 1 saturated heterocycles. The molecule has 1 fully saturated rings. The lowest BCUT2D eigenvalue weighted by Gasteiger charge is -2.22. The van der Waals surface area contributed by atoms with Crippen LogP contribution in [-0.4, -0.2) is 31.6 Å². The van der Waals surface area contributed by atoms with Gasteiger partial charge in [-0.1, -0.05) is 26.0 Å². The van der Waals surface area contributed by atoms with E-state index in [0.29, 0.717) is 12.5 Å². The number of nitrogens with one attached hydrogen (secondary N) is 4. The van der Waals surface area contributed by atoms with Gasteiger partial charge in [0, 0.05) is 24.7 Å². The van der Waals surface area contributed by atoms with Gasteiger partial charge in [0.05, 0.1) is 0 Å². The van der Waals surface area contributed by atoms with Gasteiger partial charge in [-0.2, -0.15) is 0 Å². The van der Waals surface area contributed by atoms with Crippen molar-refractivity contribution in [2.24, 2.45) is 11.8 Å². The predicted molar refractivity (Wildman–Crippen MR) is 100 cm³/mol. The smallest absolute Gasteiger partial charge is 0.315 e. The minimum absolute atomic E-state index is 0.0115. The zero-order valence-corrected chi connectivity index (χ0v) is 15.2. The minimum Gasteiger partial charge on any atom is -0.338 e. The summed E-state index contributed by atoms with van der Waals surface area (Å²) in [5.74, 6) is 0.570. The summed E-state index contributed by atoms with van der Waals surface area (Å²) in [5.41, 5.74) is 1.72. The van der Waals surface area contributed by atoms with Crippen LogP contribution in [0, 0.1) is 11.8 Å². The van der Waals surface area contributed by atoms with Crippen molar-refractivity contribution in [1.29, 1.82) is 0 Å². The molecule has 6 nitrogen and oxygen atoms in total. The van der Waals surface area contributed by atoms with Gasteiger partial charge < -0.3 is 21.3 Å². The van der Waals surface area contributed by atoms with Gasteiger partial charge in [0.25, 0.3) is 0 Å². The van der Waals surface area contributed by atoms with Crippen molar-refractivity contribution < 1.29 is 9.59 Å². The first-order valence-corrected chi connectivity index (χ1v) is 9.20. The molecule has 0 aromatic heterocycles. The maximum absolute atomic E-state index is 12.0. The third kappa shape index (κ3) is 6.74. The maximum Gasteiger partial charge on any atom is 0.315 e. The Morgan fingerprint density at radius 2 is 2.00 bits per heavy atom. The summed E-state index contributed by atoms with van der Waals surface area (Å²) >= 11 is 0. The maximum atomic E-state index is 12.0. The number of piperidine rings is 1. The van der Waals surface area contributed by atoms with E-state index in [2.05, 4.69) is 21.3 Å². The number of urea groups is 1. The first-order chi connectivity index (χ1) is 12.1. The molecule has 0 saturated carbocycles. The fourth-order valence-electron chi connectivity index (χ4n) is 2.78. The van der Waals surface area contributed by atoms with Crippen LogP contribution in [0.1, 0.15) is 38.7 Å². The van der Waals surface area contributed by atoms with E-state index in [1.54, 1.807) is 0 Å². The topological polar surface area (TPSA) is 82.3 Å². The van der Waals surface area contributed by atoms with Crippen molar-refractivity contribution in [1.82, 2.24) is 16.0 Å². The van der Waals surface area contributed by atoms with Crippen molar-refractivity contribution >= 4 is 17.6 Å². The Morgan fingerprint density at radius 1 is 1.24 bits per heavy atom. The molecule has 1 heterocycles. The van der Waals surface area contributed by atoms with Crippen molar-refractivity contribution in [3.8, 4) is 0 Å². The highest BCUT2D eigenvalue weighted by atomic mass is 16.2. The second kappa shape index (κ2) is 10.0. The number of rotatable bonds is 7. The van der Waals surface area contributed by atoms with E-state index in [1.165, 1.54) is 0 Å². The summed E-state index contributed by atoms with van der Waals surface area (Å²) in [5, 5.41) is 12.1. The lowest BCUT2D eigenvalue weighted by atomic mass is 9.98. The third-order valence-electron chi connectivity index (χ3n) is 4.72.